The van der Waals surface area contributed by atoms with E-state index in [1.165, 1.54) is 0 Å². The maximum Gasteiger partial charge on any atom is 0.237 e. The molecular weight excluding hydrogens is 252 g/mol. The van der Waals surface area contributed by atoms with Gasteiger partial charge in [0.05, 0.1) is 7.11 Å². The minimum Gasteiger partial charge on any atom is -0.493 e. The first-order chi connectivity index (χ1) is 9.55. The lowest BCUT2D eigenvalue weighted by molar-refractivity contribution is 0.373. The van der Waals surface area contributed by atoms with Crippen LogP contribution in [0.15, 0.2) is 24.3 Å². The Morgan fingerprint density at radius 2 is 1.85 bits per heavy atom. The molecule has 20 heavy (non-hydrogen) atoms. The van der Waals surface area contributed by atoms with Gasteiger partial charge in [0.2, 0.25) is 5.88 Å². The van der Waals surface area contributed by atoms with Gasteiger partial charge in [0.25, 0.3) is 0 Å². The van der Waals surface area contributed by atoms with Gasteiger partial charge < -0.3 is 9.47 Å². The van der Waals surface area contributed by atoms with Gasteiger partial charge in [-0.2, -0.15) is 5.26 Å². The number of benzene rings is 1. The molecule has 0 saturated carbocycles. The van der Waals surface area contributed by atoms with Gasteiger partial charge in [0.1, 0.15) is 11.6 Å². The largest absolute Gasteiger partial charge is 0.493 e. The molecular formula is C16H16N2O2. The third-order valence-corrected chi connectivity index (χ3v) is 2.95. The van der Waals surface area contributed by atoms with E-state index in [0.717, 1.165) is 16.8 Å². The molecule has 0 aliphatic heterocycles. The number of nitriles is 1. The number of methoxy groups -OCH3 is 1. The standard InChI is InChI=1S/C16H16N2O2/c1-10-5-6-14(15(7-10)19-4)20-16-13(9-17)11(2)8-12(3)18-16/h5-8H,1-4H3. The van der Waals surface area contributed by atoms with Crippen molar-refractivity contribution in [1.82, 2.24) is 4.98 Å². The van der Waals surface area contributed by atoms with Gasteiger partial charge >= 0.3 is 0 Å². The van der Waals surface area contributed by atoms with Crippen molar-refractivity contribution in [3.05, 3.63) is 46.6 Å². The smallest absolute Gasteiger partial charge is 0.237 e. The van der Waals surface area contributed by atoms with E-state index in [4.69, 9.17) is 9.47 Å². The van der Waals surface area contributed by atoms with Gasteiger partial charge in [-0.15, -0.1) is 0 Å². The lowest BCUT2D eigenvalue weighted by atomic mass is 10.1. The number of rotatable bonds is 3. The van der Waals surface area contributed by atoms with Gasteiger partial charge in [-0.05, 0) is 50.1 Å². The maximum atomic E-state index is 9.24. The quantitative estimate of drug-likeness (QED) is 0.852. The molecule has 4 heteroatoms. The SMILES string of the molecule is COc1cc(C)ccc1Oc1nc(C)cc(C)c1C#N. The Morgan fingerprint density at radius 1 is 1.10 bits per heavy atom. The topological polar surface area (TPSA) is 55.1 Å². The van der Waals surface area contributed by atoms with Gasteiger partial charge in [0, 0.05) is 5.69 Å². The molecule has 1 heterocycles. The zero-order valence-electron chi connectivity index (χ0n) is 12.0. The highest BCUT2D eigenvalue weighted by molar-refractivity contribution is 5.50. The van der Waals surface area contributed by atoms with Crippen LogP contribution < -0.4 is 9.47 Å². The Balaban J connectivity index is 2.48. The first kappa shape index (κ1) is 13.9. The number of pyridine rings is 1. The summed E-state index contributed by atoms with van der Waals surface area (Å²) in [5.41, 5.74) is 3.17. The highest BCUT2D eigenvalue weighted by Crippen LogP contribution is 2.33. The Morgan fingerprint density at radius 3 is 2.50 bits per heavy atom. The molecule has 0 bridgehead atoms. The van der Waals surface area contributed by atoms with E-state index >= 15 is 0 Å². The summed E-state index contributed by atoms with van der Waals surface area (Å²) in [6.07, 6.45) is 0. The highest BCUT2D eigenvalue weighted by atomic mass is 16.5. The molecule has 0 N–H and O–H groups in total. The van der Waals surface area contributed by atoms with E-state index in [-0.39, 0.29) is 0 Å². The molecule has 0 radical (unpaired) electrons. The minimum atomic E-state index is 0.312. The molecule has 1 aromatic carbocycles. The van der Waals surface area contributed by atoms with Gasteiger partial charge in [0.15, 0.2) is 11.5 Å². The van der Waals surface area contributed by atoms with Crippen molar-refractivity contribution < 1.29 is 9.47 Å². The average Bonchev–Trinajstić information content (AvgIpc) is 2.40. The van der Waals surface area contributed by atoms with Crippen molar-refractivity contribution in [2.45, 2.75) is 20.8 Å². The van der Waals surface area contributed by atoms with Crippen molar-refractivity contribution in [3.63, 3.8) is 0 Å². The second-order valence-corrected chi connectivity index (χ2v) is 4.63. The summed E-state index contributed by atoms with van der Waals surface area (Å²) in [7, 11) is 1.59. The molecule has 0 aliphatic rings. The summed E-state index contributed by atoms with van der Waals surface area (Å²) >= 11 is 0. The van der Waals surface area contributed by atoms with Crippen LogP contribution in [0.4, 0.5) is 0 Å². The van der Waals surface area contributed by atoms with Crippen LogP contribution in [0.2, 0.25) is 0 Å². The molecule has 0 amide bonds. The molecule has 0 aliphatic carbocycles. The van der Waals surface area contributed by atoms with Gasteiger partial charge in [-0.3, -0.25) is 0 Å². The number of hydrogen-bond donors (Lipinski definition) is 0. The van der Waals surface area contributed by atoms with E-state index in [2.05, 4.69) is 11.1 Å². The zero-order valence-corrected chi connectivity index (χ0v) is 12.0. The van der Waals surface area contributed by atoms with Crippen LogP contribution in [-0.2, 0) is 0 Å². The normalized spacial score (nSPS) is 9.95. The number of hydrogen-bond acceptors (Lipinski definition) is 4. The molecule has 102 valence electrons. The molecule has 0 atom stereocenters. The van der Waals surface area contributed by atoms with Crippen LogP contribution in [0.1, 0.15) is 22.4 Å². The summed E-state index contributed by atoms with van der Waals surface area (Å²) in [6, 6.07) is 9.61. The number of nitrogens with zero attached hydrogens (tertiary/aromatic N) is 2. The summed E-state index contributed by atoms with van der Waals surface area (Å²) in [6.45, 7) is 5.71. The van der Waals surface area contributed by atoms with E-state index < -0.39 is 0 Å². The Kier molecular flexibility index (Phi) is 3.90. The molecule has 4 nitrogen and oxygen atoms in total. The Hall–Kier alpha value is -2.54. The van der Waals surface area contributed by atoms with Crippen LogP contribution >= 0.6 is 0 Å². The van der Waals surface area contributed by atoms with E-state index in [0.29, 0.717) is 22.9 Å². The summed E-state index contributed by atoms with van der Waals surface area (Å²) in [4.78, 5) is 4.30. The first-order valence-corrected chi connectivity index (χ1v) is 6.26. The molecule has 1 aromatic heterocycles. The lowest BCUT2D eigenvalue weighted by Crippen LogP contribution is -1.98. The van der Waals surface area contributed by atoms with Crippen molar-refractivity contribution in [3.8, 4) is 23.4 Å². The monoisotopic (exact) mass is 268 g/mol. The van der Waals surface area contributed by atoms with Gasteiger partial charge in [-0.25, -0.2) is 4.98 Å². The van der Waals surface area contributed by atoms with Crippen molar-refractivity contribution in [2.75, 3.05) is 7.11 Å². The highest BCUT2D eigenvalue weighted by Gasteiger charge is 2.13. The van der Waals surface area contributed by atoms with Crippen molar-refractivity contribution in [2.24, 2.45) is 0 Å². The average molecular weight is 268 g/mol. The number of ether oxygens (including phenoxy) is 2. The van der Waals surface area contributed by atoms with Crippen molar-refractivity contribution >= 4 is 0 Å². The van der Waals surface area contributed by atoms with Gasteiger partial charge in [-0.1, -0.05) is 6.07 Å². The molecule has 0 saturated heterocycles. The first-order valence-electron chi connectivity index (χ1n) is 6.26. The number of aryl methyl sites for hydroxylation is 3. The maximum absolute atomic E-state index is 9.24. The fraction of sp³-hybridized carbons (Fsp3) is 0.250. The van der Waals surface area contributed by atoms with Crippen LogP contribution in [-0.4, -0.2) is 12.1 Å². The third-order valence-electron chi connectivity index (χ3n) is 2.95. The fourth-order valence-electron chi connectivity index (χ4n) is 1.98. The Bertz CT molecular complexity index is 688. The van der Waals surface area contributed by atoms with Crippen LogP contribution in [0.25, 0.3) is 0 Å². The lowest BCUT2D eigenvalue weighted by Gasteiger charge is -2.12. The summed E-state index contributed by atoms with van der Waals surface area (Å²) < 4.78 is 11.1. The molecule has 0 spiro atoms. The number of aromatic nitrogens is 1. The second-order valence-electron chi connectivity index (χ2n) is 4.63. The molecule has 2 rings (SSSR count). The predicted octanol–water partition coefficient (Wildman–Crippen LogP) is 3.68. The molecule has 0 unspecified atom stereocenters. The fourth-order valence-corrected chi connectivity index (χ4v) is 1.98. The summed E-state index contributed by atoms with van der Waals surface area (Å²) in [5.74, 6) is 1.48. The van der Waals surface area contributed by atoms with Crippen LogP contribution in [0.3, 0.4) is 0 Å². The minimum absolute atomic E-state index is 0.312. The molecule has 2 aromatic rings. The van der Waals surface area contributed by atoms with E-state index in [1.54, 1.807) is 7.11 Å². The Labute approximate surface area is 118 Å². The van der Waals surface area contributed by atoms with E-state index in [9.17, 15) is 5.26 Å². The third kappa shape index (κ3) is 2.72. The second kappa shape index (κ2) is 5.62. The van der Waals surface area contributed by atoms with Crippen LogP contribution in [0, 0.1) is 32.1 Å². The summed E-state index contributed by atoms with van der Waals surface area (Å²) in [5, 5.41) is 9.24. The van der Waals surface area contributed by atoms with Crippen molar-refractivity contribution in [1.29, 1.82) is 5.26 Å². The van der Waals surface area contributed by atoms with Crippen LogP contribution in [0.5, 0.6) is 17.4 Å². The van der Waals surface area contributed by atoms with E-state index in [1.807, 2.05) is 45.0 Å². The zero-order chi connectivity index (χ0) is 14.7. The predicted molar refractivity (Wildman–Crippen MR) is 76.2 cm³/mol. The molecule has 0 fully saturated rings.